The number of hydrogen-bond donors (Lipinski definition) is 1. The first-order valence-corrected chi connectivity index (χ1v) is 8.55. The highest BCUT2D eigenvalue weighted by molar-refractivity contribution is 6.43. The second kappa shape index (κ2) is 6.42. The molecule has 1 aliphatic carbocycles. The standard InChI is InChI=1S/C17H15Cl2N5/c18-14-5-2-6-15(16(14)19)24-17(21-22-23-24)20-10-11-7-8-12-3-1-4-13(12)9-11/h2,5-9H,1,3-4,10H2,(H,20,21,23). The first-order chi connectivity index (χ1) is 11.7. The monoisotopic (exact) mass is 359 g/mol. The van der Waals surface area contributed by atoms with Gasteiger partial charge in [-0.1, -0.05) is 52.6 Å². The molecule has 0 amide bonds. The Kier molecular flexibility index (Phi) is 4.12. The predicted molar refractivity (Wildman–Crippen MR) is 95.0 cm³/mol. The largest absolute Gasteiger partial charge is 0.349 e. The number of nitrogens with zero attached hydrogens (tertiary/aromatic N) is 4. The van der Waals surface area contributed by atoms with Gasteiger partial charge in [0, 0.05) is 6.54 Å². The van der Waals surface area contributed by atoms with Crippen molar-refractivity contribution >= 4 is 29.2 Å². The van der Waals surface area contributed by atoms with Crippen LogP contribution in [0.2, 0.25) is 10.0 Å². The molecule has 1 aromatic heterocycles. The second-order valence-electron chi connectivity index (χ2n) is 5.80. The summed E-state index contributed by atoms with van der Waals surface area (Å²) in [6.45, 7) is 0.645. The smallest absolute Gasteiger partial charge is 0.248 e. The lowest BCUT2D eigenvalue weighted by Crippen LogP contribution is -2.08. The average molecular weight is 360 g/mol. The highest BCUT2D eigenvalue weighted by Crippen LogP contribution is 2.29. The molecule has 1 heterocycles. The number of aromatic nitrogens is 4. The van der Waals surface area contributed by atoms with E-state index in [1.807, 2.05) is 12.1 Å². The van der Waals surface area contributed by atoms with Crippen LogP contribution in [-0.2, 0) is 19.4 Å². The van der Waals surface area contributed by atoms with Gasteiger partial charge < -0.3 is 5.32 Å². The van der Waals surface area contributed by atoms with Crippen molar-refractivity contribution in [1.29, 1.82) is 0 Å². The van der Waals surface area contributed by atoms with E-state index < -0.39 is 0 Å². The van der Waals surface area contributed by atoms with Crippen molar-refractivity contribution in [2.45, 2.75) is 25.8 Å². The van der Waals surface area contributed by atoms with E-state index in [-0.39, 0.29) is 0 Å². The minimum atomic E-state index is 0.423. The third-order valence-electron chi connectivity index (χ3n) is 4.24. The number of rotatable bonds is 4. The Morgan fingerprint density at radius 1 is 1.08 bits per heavy atom. The first-order valence-electron chi connectivity index (χ1n) is 7.80. The van der Waals surface area contributed by atoms with E-state index in [2.05, 4.69) is 39.0 Å². The van der Waals surface area contributed by atoms with Crippen LogP contribution < -0.4 is 5.32 Å². The van der Waals surface area contributed by atoms with Crippen LogP contribution in [0.4, 0.5) is 5.95 Å². The molecule has 3 aromatic rings. The van der Waals surface area contributed by atoms with Gasteiger partial charge >= 0.3 is 0 Å². The molecular weight excluding hydrogens is 345 g/mol. The minimum Gasteiger partial charge on any atom is -0.349 e. The van der Waals surface area contributed by atoms with E-state index >= 15 is 0 Å². The van der Waals surface area contributed by atoms with Crippen molar-refractivity contribution in [3.8, 4) is 5.69 Å². The lowest BCUT2D eigenvalue weighted by molar-refractivity contribution is 0.789. The summed E-state index contributed by atoms with van der Waals surface area (Å²) in [5.41, 5.74) is 4.77. The zero-order valence-electron chi connectivity index (χ0n) is 12.8. The van der Waals surface area contributed by atoms with Crippen molar-refractivity contribution in [1.82, 2.24) is 20.2 Å². The molecule has 122 valence electrons. The summed E-state index contributed by atoms with van der Waals surface area (Å²) in [5.74, 6) is 0.527. The molecule has 1 N–H and O–H groups in total. The van der Waals surface area contributed by atoms with Crippen LogP contribution in [-0.4, -0.2) is 20.2 Å². The summed E-state index contributed by atoms with van der Waals surface area (Å²) in [6.07, 6.45) is 3.60. The zero-order chi connectivity index (χ0) is 16.5. The topological polar surface area (TPSA) is 55.6 Å². The normalized spacial score (nSPS) is 13.1. The Hall–Kier alpha value is -2.11. The Labute approximate surface area is 149 Å². The summed E-state index contributed by atoms with van der Waals surface area (Å²) in [6, 6.07) is 12.0. The number of anilines is 1. The van der Waals surface area contributed by atoms with E-state index in [1.54, 1.807) is 10.7 Å². The molecule has 24 heavy (non-hydrogen) atoms. The van der Waals surface area contributed by atoms with E-state index in [1.165, 1.54) is 36.0 Å². The van der Waals surface area contributed by atoms with Crippen LogP contribution in [0, 0.1) is 0 Å². The molecule has 1 aliphatic rings. The van der Waals surface area contributed by atoms with Gasteiger partial charge in [0.25, 0.3) is 0 Å². The van der Waals surface area contributed by atoms with E-state index in [0.29, 0.717) is 28.2 Å². The lowest BCUT2D eigenvalue weighted by atomic mass is 10.1. The molecule has 0 bridgehead atoms. The molecule has 0 aliphatic heterocycles. The zero-order valence-corrected chi connectivity index (χ0v) is 14.3. The maximum atomic E-state index is 6.26. The van der Waals surface area contributed by atoms with Gasteiger partial charge in [0.05, 0.1) is 15.7 Å². The maximum Gasteiger partial charge on any atom is 0.248 e. The number of benzene rings is 2. The summed E-state index contributed by atoms with van der Waals surface area (Å²) in [4.78, 5) is 0. The molecule has 7 heteroatoms. The highest BCUT2D eigenvalue weighted by atomic mass is 35.5. The van der Waals surface area contributed by atoms with Gasteiger partial charge in [-0.25, -0.2) is 0 Å². The fourth-order valence-corrected chi connectivity index (χ4v) is 3.41. The van der Waals surface area contributed by atoms with Gasteiger partial charge in [-0.15, -0.1) is 0 Å². The molecule has 0 atom stereocenters. The Balaban J connectivity index is 1.56. The van der Waals surface area contributed by atoms with Crippen molar-refractivity contribution in [3.05, 3.63) is 63.1 Å². The maximum absolute atomic E-state index is 6.26. The summed E-state index contributed by atoms with van der Waals surface area (Å²) < 4.78 is 1.56. The number of fused-ring (bicyclic) bond motifs is 1. The molecule has 0 saturated carbocycles. The van der Waals surface area contributed by atoms with Gasteiger partial charge in [-0.3, -0.25) is 0 Å². The molecular formula is C17H15Cl2N5. The van der Waals surface area contributed by atoms with Gasteiger partial charge in [-0.05, 0) is 58.5 Å². The number of aryl methyl sites for hydroxylation is 2. The second-order valence-corrected chi connectivity index (χ2v) is 6.58. The fourth-order valence-electron chi connectivity index (χ4n) is 3.03. The first kappa shape index (κ1) is 15.4. The van der Waals surface area contributed by atoms with Crippen molar-refractivity contribution < 1.29 is 0 Å². The average Bonchev–Trinajstić information content (AvgIpc) is 3.23. The number of hydrogen-bond acceptors (Lipinski definition) is 4. The van der Waals surface area contributed by atoms with Crippen LogP contribution in [0.25, 0.3) is 5.69 Å². The molecule has 0 saturated heterocycles. The van der Waals surface area contributed by atoms with Crippen molar-refractivity contribution in [3.63, 3.8) is 0 Å². The predicted octanol–water partition coefficient (Wildman–Crippen LogP) is 4.07. The van der Waals surface area contributed by atoms with E-state index in [9.17, 15) is 0 Å². The molecule has 0 radical (unpaired) electrons. The van der Waals surface area contributed by atoms with E-state index in [4.69, 9.17) is 23.2 Å². The van der Waals surface area contributed by atoms with Crippen LogP contribution in [0.5, 0.6) is 0 Å². The van der Waals surface area contributed by atoms with Gasteiger partial charge in [0.2, 0.25) is 5.95 Å². The summed E-state index contributed by atoms with van der Waals surface area (Å²) in [5, 5.41) is 15.9. The van der Waals surface area contributed by atoms with Crippen molar-refractivity contribution in [2.24, 2.45) is 0 Å². The summed E-state index contributed by atoms with van der Waals surface area (Å²) in [7, 11) is 0. The van der Waals surface area contributed by atoms with Crippen LogP contribution in [0.15, 0.2) is 36.4 Å². The fraction of sp³-hybridized carbons (Fsp3) is 0.235. The number of tetrazole rings is 1. The van der Waals surface area contributed by atoms with Crippen LogP contribution in [0.1, 0.15) is 23.1 Å². The SMILES string of the molecule is Clc1cccc(-n2nnnc2NCc2ccc3c(c2)CCC3)c1Cl. The van der Waals surface area contributed by atoms with Crippen molar-refractivity contribution in [2.75, 3.05) is 5.32 Å². The quantitative estimate of drug-likeness (QED) is 0.762. The Morgan fingerprint density at radius 3 is 2.88 bits per heavy atom. The van der Waals surface area contributed by atoms with Crippen LogP contribution >= 0.6 is 23.2 Å². The number of nitrogens with one attached hydrogen (secondary N) is 1. The highest BCUT2D eigenvalue weighted by Gasteiger charge is 2.14. The Morgan fingerprint density at radius 2 is 1.96 bits per heavy atom. The third kappa shape index (κ3) is 2.85. The molecule has 0 unspecified atom stereocenters. The summed E-state index contributed by atoms with van der Waals surface area (Å²) >= 11 is 12.3. The van der Waals surface area contributed by atoms with E-state index in [0.717, 1.165) is 0 Å². The van der Waals surface area contributed by atoms with Gasteiger partial charge in [0.15, 0.2) is 0 Å². The lowest BCUT2D eigenvalue weighted by Gasteiger charge is -2.10. The molecule has 0 fully saturated rings. The molecule has 2 aromatic carbocycles. The van der Waals surface area contributed by atoms with Gasteiger partial charge in [0.1, 0.15) is 0 Å². The molecule has 4 rings (SSSR count). The van der Waals surface area contributed by atoms with Crippen LogP contribution in [0.3, 0.4) is 0 Å². The molecule has 5 nitrogen and oxygen atoms in total. The number of halogens is 2. The van der Waals surface area contributed by atoms with Gasteiger partial charge in [-0.2, -0.15) is 4.68 Å². The minimum absolute atomic E-state index is 0.423. The molecule has 0 spiro atoms. The Bertz CT molecular complexity index is 890. The third-order valence-corrected chi connectivity index (χ3v) is 5.05.